The molecule has 0 saturated carbocycles. The number of hydrogen-bond acceptors (Lipinski definition) is 3. The average molecular weight is 311 g/mol. The second-order valence-corrected chi connectivity index (χ2v) is 5.10. The Bertz CT molecular complexity index is 647. The maximum Gasteiger partial charge on any atom is 0.271 e. The van der Waals surface area contributed by atoms with Gasteiger partial charge in [0.25, 0.3) is 5.69 Å². The van der Waals surface area contributed by atoms with E-state index in [1.54, 1.807) is 18.2 Å². The molecule has 1 unspecified atom stereocenters. The van der Waals surface area contributed by atoms with Crippen molar-refractivity contribution in [1.82, 2.24) is 0 Å². The third-order valence-corrected chi connectivity index (χ3v) is 3.72. The monoisotopic (exact) mass is 310 g/mol. The molecule has 1 atom stereocenters. The van der Waals surface area contributed by atoms with E-state index in [0.29, 0.717) is 15.7 Å². The van der Waals surface area contributed by atoms with E-state index in [1.165, 1.54) is 12.1 Å². The smallest absolute Gasteiger partial charge is 0.271 e. The van der Waals surface area contributed by atoms with Gasteiger partial charge in [-0.1, -0.05) is 41.4 Å². The molecule has 0 fully saturated rings. The zero-order valence-corrected chi connectivity index (χ0v) is 12.2. The van der Waals surface area contributed by atoms with Gasteiger partial charge in [-0.2, -0.15) is 0 Å². The third kappa shape index (κ3) is 3.21. The van der Waals surface area contributed by atoms with Crippen molar-refractivity contribution in [2.75, 3.05) is 5.32 Å². The van der Waals surface area contributed by atoms with E-state index in [4.69, 9.17) is 23.2 Å². The van der Waals surface area contributed by atoms with Crippen LogP contribution in [0.25, 0.3) is 0 Å². The van der Waals surface area contributed by atoms with Crippen molar-refractivity contribution >= 4 is 34.6 Å². The average Bonchev–Trinajstić information content (AvgIpc) is 2.42. The number of benzene rings is 2. The zero-order chi connectivity index (χ0) is 14.7. The molecule has 2 rings (SSSR count). The summed E-state index contributed by atoms with van der Waals surface area (Å²) in [6.45, 7) is 1.91. The molecule has 0 radical (unpaired) electrons. The number of nitrogens with zero attached hydrogens (tertiary/aromatic N) is 1. The minimum absolute atomic E-state index is 0.0411. The summed E-state index contributed by atoms with van der Waals surface area (Å²) in [5, 5.41) is 14.9. The standard InChI is InChI=1S/C14H12Cl2N2O2/c1-9(12-6-3-7-13(15)14(12)16)17-10-4-2-5-11(8-10)18(19)20/h2-9,17H,1H3. The van der Waals surface area contributed by atoms with Crippen LogP contribution >= 0.6 is 23.2 Å². The first kappa shape index (κ1) is 14.6. The van der Waals surface area contributed by atoms with Crippen molar-refractivity contribution in [2.45, 2.75) is 13.0 Å². The van der Waals surface area contributed by atoms with Gasteiger partial charge in [0, 0.05) is 17.8 Å². The fraction of sp³-hybridized carbons (Fsp3) is 0.143. The quantitative estimate of drug-likeness (QED) is 0.633. The van der Waals surface area contributed by atoms with Crippen molar-refractivity contribution in [1.29, 1.82) is 0 Å². The first-order valence-corrected chi connectivity index (χ1v) is 6.69. The van der Waals surface area contributed by atoms with E-state index in [-0.39, 0.29) is 11.7 Å². The molecule has 1 N–H and O–H groups in total. The number of non-ortho nitro benzene ring substituents is 1. The van der Waals surface area contributed by atoms with Gasteiger partial charge in [-0.25, -0.2) is 0 Å². The molecule has 0 aliphatic heterocycles. The lowest BCUT2D eigenvalue weighted by atomic mass is 10.1. The van der Waals surface area contributed by atoms with Gasteiger partial charge >= 0.3 is 0 Å². The zero-order valence-electron chi connectivity index (χ0n) is 10.6. The molecule has 0 saturated heterocycles. The molecule has 0 heterocycles. The van der Waals surface area contributed by atoms with Crippen molar-refractivity contribution < 1.29 is 4.92 Å². The van der Waals surface area contributed by atoms with Crippen molar-refractivity contribution in [2.24, 2.45) is 0 Å². The largest absolute Gasteiger partial charge is 0.378 e. The maximum atomic E-state index is 10.7. The van der Waals surface area contributed by atoms with Crippen LogP contribution in [-0.4, -0.2) is 4.92 Å². The molecular weight excluding hydrogens is 299 g/mol. The number of nitrogens with one attached hydrogen (secondary N) is 1. The molecule has 0 bridgehead atoms. The minimum atomic E-state index is -0.428. The van der Waals surface area contributed by atoms with Crippen LogP contribution in [0.5, 0.6) is 0 Å². The van der Waals surface area contributed by atoms with E-state index in [0.717, 1.165) is 5.56 Å². The first-order valence-electron chi connectivity index (χ1n) is 5.94. The molecule has 2 aromatic carbocycles. The van der Waals surface area contributed by atoms with E-state index in [9.17, 15) is 10.1 Å². The second kappa shape index (κ2) is 6.11. The van der Waals surface area contributed by atoms with Crippen molar-refractivity contribution in [3.05, 3.63) is 68.2 Å². The Morgan fingerprint density at radius 1 is 1.20 bits per heavy atom. The van der Waals surface area contributed by atoms with E-state index >= 15 is 0 Å². The summed E-state index contributed by atoms with van der Waals surface area (Å²) in [5.41, 5.74) is 1.54. The molecule has 0 aliphatic rings. The molecule has 2 aromatic rings. The fourth-order valence-corrected chi connectivity index (χ4v) is 2.36. The number of nitro groups is 1. The van der Waals surface area contributed by atoms with Crippen LogP contribution in [-0.2, 0) is 0 Å². The summed E-state index contributed by atoms with van der Waals surface area (Å²) in [6.07, 6.45) is 0. The Hall–Kier alpha value is -1.78. The maximum absolute atomic E-state index is 10.7. The molecular formula is C14H12Cl2N2O2. The summed E-state index contributed by atoms with van der Waals surface area (Å²) in [7, 11) is 0. The van der Waals surface area contributed by atoms with Crippen LogP contribution in [0.1, 0.15) is 18.5 Å². The predicted octanol–water partition coefficient (Wildman–Crippen LogP) is 5.07. The Morgan fingerprint density at radius 3 is 2.60 bits per heavy atom. The minimum Gasteiger partial charge on any atom is -0.378 e. The van der Waals surface area contributed by atoms with Gasteiger partial charge in [0.2, 0.25) is 0 Å². The summed E-state index contributed by atoms with van der Waals surface area (Å²) >= 11 is 12.1. The highest BCUT2D eigenvalue weighted by molar-refractivity contribution is 6.42. The molecule has 0 amide bonds. The number of rotatable bonds is 4. The highest BCUT2D eigenvalue weighted by Crippen LogP contribution is 2.31. The van der Waals surface area contributed by atoms with Gasteiger partial charge in [0.1, 0.15) is 0 Å². The lowest BCUT2D eigenvalue weighted by molar-refractivity contribution is -0.384. The number of halogens is 2. The molecule has 4 nitrogen and oxygen atoms in total. The van der Waals surface area contributed by atoms with Gasteiger partial charge in [-0.15, -0.1) is 0 Å². The lowest BCUT2D eigenvalue weighted by Gasteiger charge is -2.17. The lowest BCUT2D eigenvalue weighted by Crippen LogP contribution is -2.07. The molecule has 0 spiro atoms. The molecule has 104 valence electrons. The third-order valence-electron chi connectivity index (χ3n) is 2.89. The van der Waals surface area contributed by atoms with E-state index < -0.39 is 4.92 Å². The Balaban J connectivity index is 2.23. The van der Waals surface area contributed by atoms with Gasteiger partial charge in [0.15, 0.2) is 0 Å². The van der Waals surface area contributed by atoms with Crippen molar-refractivity contribution in [3.8, 4) is 0 Å². The summed E-state index contributed by atoms with van der Waals surface area (Å²) < 4.78 is 0. The first-order chi connectivity index (χ1) is 9.49. The molecule has 0 aromatic heterocycles. The Morgan fingerprint density at radius 2 is 1.90 bits per heavy atom. The van der Waals surface area contributed by atoms with Crippen molar-refractivity contribution in [3.63, 3.8) is 0 Å². The SMILES string of the molecule is CC(Nc1cccc([N+](=O)[O-])c1)c1cccc(Cl)c1Cl. The normalized spacial score (nSPS) is 11.9. The molecule has 0 aliphatic carbocycles. The number of anilines is 1. The van der Waals surface area contributed by atoms with Crippen LogP contribution < -0.4 is 5.32 Å². The van der Waals surface area contributed by atoms with Gasteiger partial charge in [-0.3, -0.25) is 10.1 Å². The van der Waals surface area contributed by atoms with Gasteiger partial charge in [-0.05, 0) is 24.6 Å². The fourth-order valence-electron chi connectivity index (χ4n) is 1.89. The van der Waals surface area contributed by atoms with E-state index in [2.05, 4.69) is 5.32 Å². The number of nitro benzene ring substituents is 1. The van der Waals surface area contributed by atoms with E-state index in [1.807, 2.05) is 19.1 Å². The summed E-state index contributed by atoms with van der Waals surface area (Å²) in [4.78, 5) is 10.3. The highest BCUT2D eigenvalue weighted by atomic mass is 35.5. The Labute approximate surface area is 126 Å². The molecule has 20 heavy (non-hydrogen) atoms. The van der Waals surface area contributed by atoms with Gasteiger partial charge in [0.05, 0.1) is 21.0 Å². The van der Waals surface area contributed by atoms with Crippen LogP contribution in [0.4, 0.5) is 11.4 Å². The molecule has 6 heteroatoms. The van der Waals surface area contributed by atoms with Crippen LogP contribution in [0.3, 0.4) is 0 Å². The van der Waals surface area contributed by atoms with Gasteiger partial charge < -0.3 is 5.32 Å². The predicted molar refractivity (Wildman–Crippen MR) is 81.6 cm³/mol. The van der Waals surface area contributed by atoms with Crippen LogP contribution in [0, 0.1) is 10.1 Å². The van der Waals surface area contributed by atoms with Crippen LogP contribution in [0.2, 0.25) is 10.0 Å². The summed E-state index contributed by atoms with van der Waals surface area (Å²) in [6, 6.07) is 11.6. The number of hydrogen-bond donors (Lipinski definition) is 1. The second-order valence-electron chi connectivity index (χ2n) is 4.32. The topological polar surface area (TPSA) is 55.2 Å². The highest BCUT2D eigenvalue weighted by Gasteiger charge is 2.13. The summed E-state index contributed by atoms with van der Waals surface area (Å²) in [5.74, 6) is 0. The van der Waals surface area contributed by atoms with Crippen LogP contribution in [0.15, 0.2) is 42.5 Å². The Kier molecular flexibility index (Phi) is 4.47.